The average Bonchev–Trinajstić information content (AvgIpc) is 2.28. The highest BCUT2D eigenvalue weighted by atomic mass is 16.8. The van der Waals surface area contributed by atoms with Crippen LogP contribution in [0.5, 0.6) is 0 Å². The van der Waals surface area contributed by atoms with Crippen LogP contribution in [0, 0.1) is 0 Å². The predicted octanol–water partition coefficient (Wildman–Crippen LogP) is 1.60. The smallest absolute Gasteiger partial charge is 0.481 e. The summed E-state index contributed by atoms with van der Waals surface area (Å²) in [6.45, 7) is 3.74. The summed E-state index contributed by atoms with van der Waals surface area (Å²) in [6.07, 6.45) is -1.27. The predicted molar refractivity (Wildman–Crippen MR) is 63.0 cm³/mol. The maximum Gasteiger partial charge on any atom is 0.511 e. The van der Waals surface area contributed by atoms with Gasteiger partial charge < -0.3 is 19.4 Å². The minimum Gasteiger partial charge on any atom is -0.481 e. The highest BCUT2D eigenvalue weighted by Gasteiger charge is 2.10. The third-order valence-corrected chi connectivity index (χ3v) is 1.78. The lowest BCUT2D eigenvalue weighted by Gasteiger charge is -2.11. The van der Waals surface area contributed by atoms with Crippen LogP contribution in [0.2, 0.25) is 0 Å². The molecule has 1 N–H and O–H groups in total. The van der Waals surface area contributed by atoms with E-state index < -0.39 is 18.4 Å². The molecule has 19 heavy (non-hydrogen) atoms. The van der Waals surface area contributed by atoms with Gasteiger partial charge in [-0.3, -0.25) is 9.80 Å². The Labute approximate surface area is 111 Å². The number of ether oxygens (including phenoxy) is 2. The summed E-state index contributed by atoms with van der Waals surface area (Å²) < 4.78 is 9.19. The van der Waals surface area contributed by atoms with Gasteiger partial charge in [-0.1, -0.05) is 0 Å². The molecule has 9 heteroatoms. The van der Waals surface area contributed by atoms with Gasteiger partial charge in [0.2, 0.25) is 0 Å². The van der Waals surface area contributed by atoms with Crippen LogP contribution >= 0.6 is 0 Å². The number of hydrogen-bond acceptors (Lipinski definition) is 7. The van der Waals surface area contributed by atoms with Gasteiger partial charge in [-0.05, 0) is 18.6 Å². The van der Waals surface area contributed by atoms with Crippen molar-refractivity contribution in [3.8, 4) is 0 Å². The Hall–Kier alpha value is -2.06. The van der Waals surface area contributed by atoms with Gasteiger partial charge >= 0.3 is 12.1 Å². The fraction of sp³-hybridized carbons (Fsp3) is 0.800. The zero-order chi connectivity index (χ0) is 14.7. The largest absolute Gasteiger partial charge is 0.511 e. The number of carboxylic acid groups (broad SMARTS) is 1. The summed E-state index contributed by atoms with van der Waals surface area (Å²) in [7, 11) is 1.62. The molecule has 0 heterocycles. The summed E-state index contributed by atoms with van der Waals surface area (Å²) in [5.41, 5.74) is 0. The van der Waals surface area contributed by atoms with Gasteiger partial charge in [0.15, 0.2) is 0 Å². The third-order valence-electron chi connectivity index (χ3n) is 1.78. The van der Waals surface area contributed by atoms with Gasteiger partial charge in [0.05, 0.1) is 6.61 Å². The summed E-state index contributed by atoms with van der Waals surface area (Å²) in [6, 6.07) is 0. The molecule has 0 aromatic heterocycles. The van der Waals surface area contributed by atoms with Gasteiger partial charge in [0.1, 0.15) is 0 Å². The zero-order valence-electron chi connectivity index (χ0n) is 11.2. The van der Waals surface area contributed by atoms with Crippen molar-refractivity contribution in [1.82, 2.24) is 5.01 Å². The molecule has 0 saturated carbocycles. The van der Waals surface area contributed by atoms with Crippen molar-refractivity contribution >= 4 is 12.1 Å². The highest BCUT2D eigenvalue weighted by Crippen LogP contribution is 1.99. The number of hydrogen-bond donors (Lipinski definition) is 1. The summed E-state index contributed by atoms with van der Waals surface area (Å²) in [5, 5.41) is 16.8. The van der Waals surface area contributed by atoms with Crippen LogP contribution in [-0.2, 0) is 19.1 Å². The Balaban J connectivity index is 3.75. The second-order valence-electron chi connectivity index (χ2n) is 3.52. The first kappa shape index (κ1) is 16.9. The summed E-state index contributed by atoms with van der Waals surface area (Å²) in [4.78, 5) is 25.9. The molecule has 0 aliphatic rings. The molecule has 0 radical (unpaired) electrons. The molecule has 0 aliphatic carbocycles. The molecule has 110 valence electrons. The number of carboxylic acids is 1. The molecule has 0 amide bonds. The fourth-order valence-electron chi connectivity index (χ4n) is 0.963. The van der Waals surface area contributed by atoms with Crippen LogP contribution in [0.15, 0.2) is 10.5 Å². The van der Waals surface area contributed by atoms with Crippen LogP contribution in [0.1, 0.15) is 26.7 Å². The lowest BCUT2D eigenvalue weighted by molar-refractivity contribution is -0.137. The van der Waals surface area contributed by atoms with E-state index in [4.69, 9.17) is 9.94 Å². The molecule has 0 fully saturated rings. The first-order valence-electron chi connectivity index (χ1n) is 5.78. The number of carbonyl (C=O) groups excluding carboxylic acids is 1. The van der Waals surface area contributed by atoms with E-state index in [1.54, 1.807) is 14.0 Å². The fourth-order valence-corrected chi connectivity index (χ4v) is 0.963. The molecular weight excluding hydrogens is 258 g/mol. The number of aliphatic carboxylic acids is 1. The Bertz CT molecular complexity index is 310. The number of carbonyl (C=O) groups is 2. The van der Waals surface area contributed by atoms with E-state index in [1.165, 1.54) is 11.9 Å². The first-order chi connectivity index (χ1) is 8.95. The van der Waals surface area contributed by atoms with Crippen molar-refractivity contribution < 1.29 is 29.0 Å². The minimum atomic E-state index is -0.921. The van der Waals surface area contributed by atoms with E-state index in [2.05, 4.69) is 20.0 Å². The Morgan fingerprint density at radius 3 is 2.68 bits per heavy atom. The quantitative estimate of drug-likeness (QED) is 0.295. The van der Waals surface area contributed by atoms with Crippen LogP contribution < -0.4 is 0 Å². The topological polar surface area (TPSA) is 110 Å². The van der Waals surface area contributed by atoms with Gasteiger partial charge in [-0.2, -0.15) is 0 Å². The molecule has 0 rings (SSSR count). The zero-order valence-corrected chi connectivity index (χ0v) is 11.2. The number of rotatable bonds is 9. The summed E-state index contributed by atoms with van der Waals surface area (Å²) >= 11 is 0. The van der Waals surface area contributed by atoms with Crippen molar-refractivity contribution in [3.05, 3.63) is 0 Å². The lowest BCUT2D eigenvalue weighted by atomic mass is 10.3. The number of nitrogens with zero attached hydrogens (tertiary/aromatic N) is 3. The normalized spacial score (nSPS) is 11.9. The highest BCUT2D eigenvalue weighted by molar-refractivity contribution is 5.66. The van der Waals surface area contributed by atoms with E-state index in [9.17, 15) is 9.59 Å². The van der Waals surface area contributed by atoms with E-state index in [1.807, 2.05) is 0 Å². The van der Waals surface area contributed by atoms with E-state index in [-0.39, 0.29) is 13.0 Å². The average molecular weight is 277 g/mol. The summed E-state index contributed by atoms with van der Waals surface area (Å²) in [5.74, 6) is -0.863. The van der Waals surface area contributed by atoms with Crippen molar-refractivity contribution in [2.75, 3.05) is 20.2 Å². The van der Waals surface area contributed by atoms with E-state index >= 15 is 0 Å². The molecule has 0 saturated heterocycles. The van der Waals surface area contributed by atoms with Crippen LogP contribution in [0.4, 0.5) is 4.79 Å². The van der Waals surface area contributed by atoms with Crippen molar-refractivity contribution in [2.45, 2.75) is 33.0 Å². The second kappa shape index (κ2) is 9.92. The standard InChI is InChI=1S/C10H19N3O6/c1-4-17-10(16)18-8(2)19-12-11-13(3)7-5-6-9(14)15/h8H,4-7H2,1-3H3,(H,14,15)/b12-11-. The molecule has 0 aromatic carbocycles. The molecule has 0 aromatic rings. The van der Waals surface area contributed by atoms with Crippen molar-refractivity contribution in [1.29, 1.82) is 0 Å². The minimum absolute atomic E-state index is 0.0586. The molecule has 1 unspecified atom stereocenters. The van der Waals surface area contributed by atoms with E-state index in [0.29, 0.717) is 13.0 Å². The Morgan fingerprint density at radius 1 is 1.42 bits per heavy atom. The van der Waals surface area contributed by atoms with Gasteiger partial charge in [-0.25, -0.2) is 4.79 Å². The van der Waals surface area contributed by atoms with Crippen LogP contribution in [0.25, 0.3) is 0 Å². The third kappa shape index (κ3) is 10.8. The maximum absolute atomic E-state index is 10.9. The SMILES string of the molecule is CCOC(=O)OC(C)O/N=N\N(C)CCCC(=O)O. The van der Waals surface area contributed by atoms with Gasteiger partial charge in [-0.15, -0.1) is 0 Å². The second-order valence-corrected chi connectivity index (χ2v) is 3.52. The van der Waals surface area contributed by atoms with Crippen LogP contribution in [-0.4, -0.2) is 48.7 Å². The lowest BCUT2D eigenvalue weighted by Crippen LogP contribution is -2.18. The first-order valence-corrected chi connectivity index (χ1v) is 5.78. The van der Waals surface area contributed by atoms with Crippen LogP contribution in [0.3, 0.4) is 0 Å². The Kier molecular flexibility index (Phi) is 8.84. The molecular formula is C10H19N3O6. The maximum atomic E-state index is 10.9. The molecule has 0 aliphatic heterocycles. The van der Waals surface area contributed by atoms with Crippen molar-refractivity contribution in [3.63, 3.8) is 0 Å². The van der Waals surface area contributed by atoms with Gasteiger partial charge in [0.25, 0.3) is 6.29 Å². The van der Waals surface area contributed by atoms with Gasteiger partial charge in [0, 0.05) is 32.2 Å². The molecule has 1 atom stereocenters. The monoisotopic (exact) mass is 277 g/mol. The molecule has 0 spiro atoms. The Morgan fingerprint density at radius 2 is 2.11 bits per heavy atom. The molecule has 0 bridgehead atoms. The van der Waals surface area contributed by atoms with Crippen molar-refractivity contribution in [2.24, 2.45) is 10.5 Å². The molecule has 9 nitrogen and oxygen atoms in total. The van der Waals surface area contributed by atoms with E-state index in [0.717, 1.165) is 0 Å².